The van der Waals surface area contributed by atoms with Crippen LogP contribution in [-0.2, 0) is 19.4 Å². The molecule has 1 aromatic heterocycles. The smallest absolute Gasteiger partial charge is 0.129 e. The molecule has 0 fully saturated rings. The zero-order chi connectivity index (χ0) is 10.1. The number of hydrogen-bond donors (Lipinski definition) is 1. The van der Waals surface area contributed by atoms with Gasteiger partial charge < -0.3 is 5.11 Å². The standard InChI is InChI=1S/C11H14ClNO/c1-7-2-3-10-9(4-7)8(6-14)5-11(12)13-10/h5,7,14H,2-4,6H2,1H3. The van der Waals surface area contributed by atoms with Crippen LogP contribution < -0.4 is 0 Å². The van der Waals surface area contributed by atoms with Crippen molar-refractivity contribution in [3.8, 4) is 0 Å². The van der Waals surface area contributed by atoms with Gasteiger partial charge >= 0.3 is 0 Å². The van der Waals surface area contributed by atoms with E-state index in [0.29, 0.717) is 11.1 Å². The fourth-order valence-corrected chi connectivity index (χ4v) is 2.31. The average Bonchev–Trinajstić information content (AvgIpc) is 2.17. The van der Waals surface area contributed by atoms with E-state index in [4.69, 9.17) is 11.6 Å². The molecule has 2 rings (SSSR count). The summed E-state index contributed by atoms with van der Waals surface area (Å²) in [5, 5.41) is 9.72. The molecule has 0 radical (unpaired) electrons. The molecule has 0 amide bonds. The second-order valence-corrected chi connectivity index (χ2v) is 4.42. The van der Waals surface area contributed by atoms with Crippen LogP contribution in [0.2, 0.25) is 5.15 Å². The molecule has 1 aliphatic rings. The Morgan fingerprint density at radius 2 is 2.43 bits per heavy atom. The summed E-state index contributed by atoms with van der Waals surface area (Å²) >= 11 is 5.87. The normalized spacial score (nSPS) is 20.6. The third-order valence-corrected chi connectivity index (χ3v) is 3.06. The molecule has 2 nitrogen and oxygen atoms in total. The highest BCUT2D eigenvalue weighted by Crippen LogP contribution is 2.28. The van der Waals surface area contributed by atoms with Crippen LogP contribution in [0.4, 0.5) is 0 Å². The van der Waals surface area contributed by atoms with E-state index in [1.807, 2.05) is 0 Å². The van der Waals surface area contributed by atoms with E-state index in [-0.39, 0.29) is 6.61 Å². The van der Waals surface area contributed by atoms with Gasteiger partial charge in [-0.1, -0.05) is 18.5 Å². The fraction of sp³-hybridized carbons (Fsp3) is 0.545. The maximum Gasteiger partial charge on any atom is 0.129 e. The van der Waals surface area contributed by atoms with E-state index in [1.54, 1.807) is 6.07 Å². The zero-order valence-electron chi connectivity index (χ0n) is 8.26. The monoisotopic (exact) mass is 211 g/mol. The Bertz CT molecular complexity index is 334. The molecule has 0 bridgehead atoms. The maximum atomic E-state index is 9.22. The SMILES string of the molecule is CC1CCc2nc(Cl)cc(CO)c2C1. The lowest BCUT2D eigenvalue weighted by molar-refractivity contribution is 0.279. The van der Waals surface area contributed by atoms with Crippen LogP contribution in [0, 0.1) is 5.92 Å². The second kappa shape index (κ2) is 3.87. The first-order valence-corrected chi connectivity index (χ1v) is 5.36. The second-order valence-electron chi connectivity index (χ2n) is 4.04. The van der Waals surface area contributed by atoms with Gasteiger partial charge in [-0.2, -0.15) is 0 Å². The van der Waals surface area contributed by atoms with Gasteiger partial charge in [-0.05, 0) is 42.4 Å². The number of fused-ring (bicyclic) bond motifs is 1. The number of hydrogen-bond acceptors (Lipinski definition) is 2. The Kier molecular flexibility index (Phi) is 2.75. The fourth-order valence-electron chi connectivity index (χ4n) is 2.08. The van der Waals surface area contributed by atoms with Crippen LogP contribution in [-0.4, -0.2) is 10.1 Å². The number of aliphatic hydroxyl groups is 1. The summed E-state index contributed by atoms with van der Waals surface area (Å²) in [4.78, 5) is 4.31. The van der Waals surface area contributed by atoms with Gasteiger partial charge in [-0.25, -0.2) is 4.98 Å². The zero-order valence-corrected chi connectivity index (χ0v) is 9.01. The Hall–Kier alpha value is -0.600. The number of pyridine rings is 1. The molecule has 14 heavy (non-hydrogen) atoms. The summed E-state index contributed by atoms with van der Waals surface area (Å²) < 4.78 is 0. The van der Waals surface area contributed by atoms with Gasteiger partial charge in [0.1, 0.15) is 5.15 Å². The summed E-state index contributed by atoms with van der Waals surface area (Å²) in [5.74, 6) is 0.691. The molecule has 1 aliphatic carbocycles. The molecule has 1 heterocycles. The highest BCUT2D eigenvalue weighted by atomic mass is 35.5. The molecular weight excluding hydrogens is 198 g/mol. The lowest BCUT2D eigenvalue weighted by atomic mass is 9.86. The summed E-state index contributed by atoms with van der Waals surface area (Å²) in [6, 6.07) is 1.78. The first kappa shape index (κ1) is 9.94. The third kappa shape index (κ3) is 1.77. The Morgan fingerprint density at radius 1 is 1.64 bits per heavy atom. The third-order valence-electron chi connectivity index (χ3n) is 2.87. The molecule has 0 spiro atoms. The first-order valence-electron chi connectivity index (χ1n) is 4.98. The van der Waals surface area contributed by atoms with Crippen molar-refractivity contribution in [1.29, 1.82) is 0 Å². The van der Waals surface area contributed by atoms with Crippen molar-refractivity contribution >= 4 is 11.6 Å². The number of halogens is 1. The average molecular weight is 212 g/mol. The van der Waals surface area contributed by atoms with E-state index in [2.05, 4.69) is 11.9 Å². The summed E-state index contributed by atoms with van der Waals surface area (Å²) in [5.41, 5.74) is 3.25. The molecule has 3 heteroatoms. The molecule has 1 unspecified atom stereocenters. The highest BCUT2D eigenvalue weighted by Gasteiger charge is 2.19. The molecule has 0 aliphatic heterocycles. The van der Waals surface area contributed by atoms with Gasteiger partial charge in [0.2, 0.25) is 0 Å². The van der Waals surface area contributed by atoms with Crippen molar-refractivity contribution in [3.05, 3.63) is 28.0 Å². The van der Waals surface area contributed by atoms with Crippen molar-refractivity contribution in [2.45, 2.75) is 32.8 Å². The van der Waals surface area contributed by atoms with E-state index in [1.165, 1.54) is 12.0 Å². The Balaban J connectivity index is 2.47. The van der Waals surface area contributed by atoms with E-state index >= 15 is 0 Å². The van der Waals surface area contributed by atoms with E-state index < -0.39 is 0 Å². The molecule has 0 aromatic carbocycles. The van der Waals surface area contributed by atoms with Crippen LogP contribution in [0.3, 0.4) is 0 Å². The number of aromatic nitrogens is 1. The number of aryl methyl sites for hydroxylation is 1. The number of rotatable bonds is 1. The molecule has 1 aromatic rings. The Labute approximate surface area is 88.9 Å². The predicted molar refractivity (Wildman–Crippen MR) is 56.4 cm³/mol. The van der Waals surface area contributed by atoms with Crippen molar-refractivity contribution < 1.29 is 5.11 Å². The maximum absolute atomic E-state index is 9.22. The quantitative estimate of drug-likeness (QED) is 0.724. The predicted octanol–water partition coefficient (Wildman–Crippen LogP) is 2.35. The van der Waals surface area contributed by atoms with Crippen LogP contribution in [0.15, 0.2) is 6.07 Å². The first-order chi connectivity index (χ1) is 6.70. The minimum Gasteiger partial charge on any atom is -0.392 e. The van der Waals surface area contributed by atoms with Crippen LogP contribution >= 0.6 is 11.6 Å². The van der Waals surface area contributed by atoms with Crippen molar-refractivity contribution in [2.24, 2.45) is 5.92 Å². The minimum atomic E-state index is 0.0668. The molecule has 1 N–H and O–H groups in total. The topological polar surface area (TPSA) is 33.1 Å². The number of nitrogens with zero attached hydrogens (tertiary/aromatic N) is 1. The molecule has 0 saturated heterocycles. The van der Waals surface area contributed by atoms with Gasteiger partial charge in [0.25, 0.3) is 0 Å². The largest absolute Gasteiger partial charge is 0.392 e. The van der Waals surface area contributed by atoms with Crippen LogP contribution in [0.1, 0.15) is 30.2 Å². The Morgan fingerprint density at radius 3 is 3.14 bits per heavy atom. The molecule has 0 saturated carbocycles. The summed E-state index contributed by atoms with van der Waals surface area (Å²) in [6.07, 6.45) is 3.19. The lowest BCUT2D eigenvalue weighted by Gasteiger charge is -2.22. The van der Waals surface area contributed by atoms with Gasteiger partial charge in [0.15, 0.2) is 0 Å². The summed E-state index contributed by atoms with van der Waals surface area (Å²) in [7, 11) is 0. The summed E-state index contributed by atoms with van der Waals surface area (Å²) in [6.45, 7) is 2.30. The van der Waals surface area contributed by atoms with Gasteiger partial charge in [-0.3, -0.25) is 0 Å². The van der Waals surface area contributed by atoms with Crippen molar-refractivity contribution in [3.63, 3.8) is 0 Å². The lowest BCUT2D eigenvalue weighted by Crippen LogP contribution is -2.15. The molecular formula is C11H14ClNO. The van der Waals surface area contributed by atoms with Crippen LogP contribution in [0.5, 0.6) is 0 Å². The van der Waals surface area contributed by atoms with Crippen LogP contribution in [0.25, 0.3) is 0 Å². The van der Waals surface area contributed by atoms with E-state index in [9.17, 15) is 5.11 Å². The molecule has 1 atom stereocenters. The minimum absolute atomic E-state index is 0.0668. The van der Waals surface area contributed by atoms with Crippen molar-refractivity contribution in [2.75, 3.05) is 0 Å². The van der Waals surface area contributed by atoms with Gasteiger partial charge in [0.05, 0.1) is 6.61 Å². The highest BCUT2D eigenvalue weighted by molar-refractivity contribution is 6.29. The van der Waals surface area contributed by atoms with Gasteiger partial charge in [-0.15, -0.1) is 0 Å². The van der Waals surface area contributed by atoms with E-state index in [0.717, 1.165) is 24.1 Å². The van der Waals surface area contributed by atoms with Gasteiger partial charge in [0, 0.05) is 5.69 Å². The molecule has 76 valence electrons. The van der Waals surface area contributed by atoms with Crippen molar-refractivity contribution in [1.82, 2.24) is 4.98 Å². The number of aliphatic hydroxyl groups excluding tert-OH is 1.